The number of anilines is 2. The molecule has 0 radical (unpaired) electrons. The molecule has 2 aliphatic rings. The fourth-order valence-electron chi connectivity index (χ4n) is 3.83. The van der Waals surface area contributed by atoms with Gasteiger partial charge in [-0.15, -0.1) is 0 Å². The lowest BCUT2D eigenvalue weighted by atomic mass is 9.92. The predicted molar refractivity (Wildman–Crippen MR) is 121 cm³/mol. The number of hydrogen-bond acceptors (Lipinski definition) is 4. The van der Waals surface area contributed by atoms with Crippen LogP contribution < -0.4 is 15.5 Å². The summed E-state index contributed by atoms with van der Waals surface area (Å²) >= 11 is 12.0. The number of amides is 5. The van der Waals surface area contributed by atoms with Gasteiger partial charge in [-0.25, -0.2) is 4.79 Å². The van der Waals surface area contributed by atoms with E-state index in [-0.39, 0.29) is 10.9 Å². The molecule has 2 aliphatic heterocycles. The molecular weight excluding hydrogens is 455 g/mol. The minimum Gasteiger partial charge on any atom is -0.325 e. The topological polar surface area (TPSA) is 98.8 Å². The van der Waals surface area contributed by atoms with E-state index in [1.807, 2.05) is 0 Å². The highest BCUT2D eigenvalue weighted by Crippen LogP contribution is 2.33. The van der Waals surface area contributed by atoms with Gasteiger partial charge in [0.1, 0.15) is 12.1 Å². The summed E-state index contributed by atoms with van der Waals surface area (Å²) in [5.74, 6) is -1.03. The van der Waals surface area contributed by atoms with E-state index in [2.05, 4.69) is 10.6 Å². The van der Waals surface area contributed by atoms with Crippen molar-refractivity contribution in [1.29, 1.82) is 0 Å². The first-order valence-corrected chi connectivity index (χ1v) is 10.7. The van der Waals surface area contributed by atoms with E-state index in [1.54, 1.807) is 48.2 Å². The molecule has 2 aromatic rings. The summed E-state index contributed by atoms with van der Waals surface area (Å²) in [5.41, 5.74) is 0.345. The third-order valence-electron chi connectivity index (χ3n) is 5.61. The fourth-order valence-corrected chi connectivity index (χ4v) is 4.13. The maximum Gasteiger partial charge on any atom is 0.325 e. The van der Waals surface area contributed by atoms with Crippen molar-refractivity contribution in [3.63, 3.8) is 0 Å². The number of hydrogen-bond donors (Lipinski definition) is 2. The monoisotopic (exact) mass is 474 g/mol. The van der Waals surface area contributed by atoms with E-state index in [0.29, 0.717) is 29.2 Å². The number of urea groups is 1. The van der Waals surface area contributed by atoms with Gasteiger partial charge in [-0.05, 0) is 55.3 Å². The molecule has 5 amide bonds. The van der Waals surface area contributed by atoms with Crippen LogP contribution in [-0.2, 0) is 19.9 Å². The first-order chi connectivity index (χ1) is 15.2. The van der Waals surface area contributed by atoms with Gasteiger partial charge >= 0.3 is 6.03 Å². The highest BCUT2D eigenvalue weighted by atomic mass is 35.5. The second kappa shape index (κ2) is 8.44. The molecular formula is C22H20Cl2N4O4. The van der Waals surface area contributed by atoms with Crippen molar-refractivity contribution in [2.45, 2.75) is 25.3 Å². The van der Waals surface area contributed by atoms with E-state index in [9.17, 15) is 19.2 Å². The van der Waals surface area contributed by atoms with Crippen LogP contribution in [0.1, 0.15) is 25.3 Å². The summed E-state index contributed by atoms with van der Waals surface area (Å²) in [5, 5.41) is 5.87. The third-order valence-corrected chi connectivity index (χ3v) is 6.35. The molecule has 0 bridgehead atoms. The van der Waals surface area contributed by atoms with Gasteiger partial charge in [-0.3, -0.25) is 19.3 Å². The Morgan fingerprint density at radius 2 is 1.81 bits per heavy atom. The molecule has 0 aromatic heterocycles. The Morgan fingerprint density at radius 1 is 1.09 bits per heavy atom. The zero-order valence-corrected chi connectivity index (χ0v) is 18.7. The number of benzene rings is 2. The lowest BCUT2D eigenvalue weighted by Crippen LogP contribution is -2.42. The minimum absolute atomic E-state index is 0.0744. The molecule has 2 saturated heterocycles. The Bertz CT molecular complexity index is 1120. The van der Waals surface area contributed by atoms with Gasteiger partial charge in [0.2, 0.25) is 11.8 Å². The summed E-state index contributed by atoms with van der Waals surface area (Å²) in [6, 6.07) is 10.8. The number of nitrogens with one attached hydrogen (secondary N) is 2. The second-order valence-corrected chi connectivity index (χ2v) is 8.63. The molecule has 32 heavy (non-hydrogen) atoms. The number of rotatable bonds is 5. The van der Waals surface area contributed by atoms with E-state index in [0.717, 1.165) is 17.0 Å². The average Bonchev–Trinajstić information content (AvgIpc) is 3.27. The summed E-state index contributed by atoms with van der Waals surface area (Å²) in [6.07, 6.45) is 1.36. The summed E-state index contributed by atoms with van der Waals surface area (Å²) in [4.78, 5) is 52.4. The molecule has 0 unspecified atom stereocenters. The van der Waals surface area contributed by atoms with E-state index >= 15 is 0 Å². The molecule has 8 nitrogen and oxygen atoms in total. The summed E-state index contributed by atoms with van der Waals surface area (Å²) in [6.45, 7) is 1.77. The van der Waals surface area contributed by atoms with Crippen LogP contribution in [0.15, 0.2) is 42.5 Å². The van der Waals surface area contributed by atoms with Crippen LogP contribution in [0.3, 0.4) is 0 Å². The van der Waals surface area contributed by atoms with Crippen LogP contribution in [0.5, 0.6) is 0 Å². The second-order valence-electron chi connectivity index (χ2n) is 7.82. The molecule has 0 aliphatic carbocycles. The van der Waals surface area contributed by atoms with E-state index in [4.69, 9.17) is 23.2 Å². The van der Waals surface area contributed by atoms with Crippen LogP contribution in [0.25, 0.3) is 0 Å². The van der Waals surface area contributed by atoms with Gasteiger partial charge in [0.15, 0.2) is 0 Å². The molecule has 2 N–H and O–H groups in total. The van der Waals surface area contributed by atoms with Gasteiger partial charge in [0, 0.05) is 24.3 Å². The molecule has 166 valence electrons. The van der Waals surface area contributed by atoms with Gasteiger partial charge in [-0.1, -0.05) is 29.3 Å². The van der Waals surface area contributed by atoms with Crippen LogP contribution in [-0.4, -0.2) is 41.7 Å². The zero-order valence-electron chi connectivity index (χ0n) is 17.2. The number of halogens is 2. The quantitative estimate of drug-likeness (QED) is 0.647. The Balaban J connectivity index is 1.43. The van der Waals surface area contributed by atoms with Gasteiger partial charge in [0.25, 0.3) is 5.91 Å². The summed E-state index contributed by atoms with van der Waals surface area (Å²) < 4.78 is 0. The smallest absolute Gasteiger partial charge is 0.325 e. The van der Waals surface area contributed by atoms with Gasteiger partial charge in [0.05, 0.1) is 10.0 Å². The first-order valence-electron chi connectivity index (χ1n) is 9.99. The zero-order chi connectivity index (χ0) is 23.0. The number of imide groups is 1. The van der Waals surface area contributed by atoms with Gasteiger partial charge < -0.3 is 15.5 Å². The van der Waals surface area contributed by atoms with Crippen molar-refractivity contribution in [2.75, 3.05) is 23.3 Å². The predicted octanol–water partition coefficient (Wildman–Crippen LogP) is 3.53. The normalized spacial score (nSPS) is 20.7. The minimum atomic E-state index is -1.37. The molecule has 2 heterocycles. The van der Waals surface area contributed by atoms with Gasteiger partial charge in [-0.2, -0.15) is 0 Å². The molecule has 2 aromatic carbocycles. The standard InChI is InChI=1S/C22H20Cl2N4O4/c1-22(13-4-9-16(23)17(24)11-13)20(31)28(21(32)26-22)12-18(29)25-14-5-7-15(8-6-14)27-10-2-3-19(27)30/h4-9,11H,2-3,10,12H2,1H3,(H,25,29)(H,26,32)/t22-/m1/s1. The molecule has 4 rings (SSSR count). The van der Waals surface area contributed by atoms with Crippen LogP contribution in [0.4, 0.5) is 16.2 Å². The molecule has 0 saturated carbocycles. The van der Waals surface area contributed by atoms with Crippen LogP contribution in [0, 0.1) is 0 Å². The van der Waals surface area contributed by atoms with Crippen molar-refractivity contribution < 1.29 is 19.2 Å². The average molecular weight is 475 g/mol. The van der Waals surface area contributed by atoms with E-state index in [1.165, 1.54) is 6.07 Å². The maximum atomic E-state index is 13.0. The first kappa shape index (κ1) is 22.1. The largest absolute Gasteiger partial charge is 0.325 e. The molecule has 2 fully saturated rings. The number of carbonyl (C=O) groups excluding carboxylic acids is 4. The molecule has 0 spiro atoms. The van der Waals surface area contributed by atoms with Crippen LogP contribution >= 0.6 is 23.2 Å². The molecule has 10 heteroatoms. The van der Waals surface area contributed by atoms with Crippen molar-refractivity contribution in [3.8, 4) is 0 Å². The lowest BCUT2D eigenvalue weighted by Gasteiger charge is -2.22. The lowest BCUT2D eigenvalue weighted by molar-refractivity contribution is -0.133. The van der Waals surface area contributed by atoms with E-state index < -0.39 is 29.9 Å². The molecule has 1 atom stereocenters. The number of nitrogens with zero attached hydrogens (tertiary/aromatic N) is 2. The third kappa shape index (κ3) is 4.03. The maximum absolute atomic E-state index is 13.0. The Hall–Kier alpha value is -3.10. The Morgan fingerprint density at radius 3 is 2.44 bits per heavy atom. The van der Waals surface area contributed by atoms with Crippen molar-refractivity contribution in [1.82, 2.24) is 10.2 Å². The van der Waals surface area contributed by atoms with Crippen molar-refractivity contribution in [3.05, 3.63) is 58.1 Å². The highest BCUT2D eigenvalue weighted by molar-refractivity contribution is 6.42. The van der Waals surface area contributed by atoms with Crippen molar-refractivity contribution in [2.24, 2.45) is 0 Å². The Labute approximate surface area is 194 Å². The summed E-state index contributed by atoms with van der Waals surface area (Å²) in [7, 11) is 0. The Kier molecular flexibility index (Phi) is 5.83. The van der Waals surface area contributed by atoms with Crippen molar-refractivity contribution >= 4 is 58.3 Å². The van der Waals surface area contributed by atoms with Crippen LogP contribution in [0.2, 0.25) is 10.0 Å². The number of carbonyl (C=O) groups is 4. The fraction of sp³-hybridized carbons (Fsp3) is 0.273. The SMILES string of the molecule is C[C@]1(c2ccc(Cl)c(Cl)c2)NC(=O)N(CC(=O)Nc2ccc(N3CCCC3=O)cc2)C1=O. The highest BCUT2D eigenvalue weighted by Gasteiger charge is 2.49.